The van der Waals surface area contributed by atoms with E-state index >= 15 is 0 Å². The molecule has 1 saturated heterocycles. The van der Waals surface area contributed by atoms with Crippen molar-refractivity contribution in [3.05, 3.63) is 0 Å². The van der Waals surface area contributed by atoms with Gasteiger partial charge in [0.1, 0.15) is 0 Å². The number of hydrogen-bond donors (Lipinski definition) is 3. The molecule has 1 fully saturated rings. The van der Waals surface area contributed by atoms with Gasteiger partial charge in [-0.05, 0) is 32.7 Å². The molecule has 0 aliphatic carbocycles. The summed E-state index contributed by atoms with van der Waals surface area (Å²) in [4.78, 5) is 11.7. The van der Waals surface area contributed by atoms with E-state index in [1.165, 1.54) is 0 Å². The Bertz CT molecular complexity index is 211. The number of carbonyl (C=O) groups is 1. The van der Waals surface area contributed by atoms with Crippen molar-refractivity contribution in [2.75, 3.05) is 19.6 Å². The van der Waals surface area contributed by atoms with Crippen LogP contribution in [0.2, 0.25) is 0 Å². The third-order valence-electron chi connectivity index (χ3n) is 3.07. The van der Waals surface area contributed by atoms with Gasteiger partial charge in [0.25, 0.3) is 0 Å². The molecule has 3 N–H and O–H groups in total. The van der Waals surface area contributed by atoms with Crippen LogP contribution in [-0.2, 0) is 4.79 Å². The maximum absolute atomic E-state index is 11.7. The summed E-state index contributed by atoms with van der Waals surface area (Å²) >= 11 is 0. The molecule has 4 heteroatoms. The summed E-state index contributed by atoms with van der Waals surface area (Å²) in [5.41, 5.74) is -0.780. The molecule has 0 aromatic carbocycles. The Hall–Kier alpha value is -0.610. The first kappa shape index (κ1) is 12.5. The van der Waals surface area contributed by atoms with Gasteiger partial charge in [0.15, 0.2) is 0 Å². The van der Waals surface area contributed by atoms with E-state index in [0.29, 0.717) is 13.0 Å². The van der Waals surface area contributed by atoms with E-state index in [0.717, 1.165) is 25.9 Å². The second-order valence-corrected chi connectivity index (χ2v) is 4.61. The minimum atomic E-state index is -0.780. The normalized spacial score (nSPS) is 25.7. The summed E-state index contributed by atoms with van der Waals surface area (Å²) in [6.45, 7) is 5.77. The molecule has 0 radical (unpaired) electrons. The van der Waals surface area contributed by atoms with E-state index < -0.39 is 5.60 Å². The number of hydrogen-bond acceptors (Lipinski definition) is 3. The van der Waals surface area contributed by atoms with E-state index in [1.807, 2.05) is 6.92 Å². The Kier molecular flexibility index (Phi) is 4.54. The van der Waals surface area contributed by atoms with Crippen molar-refractivity contribution in [2.24, 2.45) is 5.92 Å². The van der Waals surface area contributed by atoms with Crippen molar-refractivity contribution in [3.63, 3.8) is 0 Å². The maximum Gasteiger partial charge on any atom is 0.224 e. The number of aliphatic hydroxyl groups is 1. The molecule has 0 spiro atoms. The van der Waals surface area contributed by atoms with Crippen molar-refractivity contribution in [2.45, 2.75) is 38.7 Å². The number of piperidine rings is 1. The van der Waals surface area contributed by atoms with E-state index in [-0.39, 0.29) is 11.8 Å². The summed E-state index contributed by atoms with van der Waals surface area (Å²) in [6.07, 6.45) is 2.66. The number of carbonyl (C=O) groups excluding carboxylic acids is 1. The largest absolute Gasteiger partial charge is 0.388 e. The zero-order valence-electron chi connectivity index (χ0n) is 9.68. The molecular formula is C11H22N2O2. The fourth-order valence-electron chi connectivity index (χ4n) is 1.62. The molecule has 15 heavy (non-hydrogen) atoms. The summed E-state index contributed by atoms with van der Waals surface area (Å²) < 4.78 is 0. The molecule has 4 nitrogen and oxygen atoms in total. The van der Waals surface area contributed by atoms with E-state index in [9.17, 15) is 9.90 Å². The van der Waals surface area contributed by atoms with Crippen LogP contribution in [0.15, 0.2) is 0 Å². The number of amides is 1. The van der Waals surface area contributed by atoms with Crippen molar-refractivity contribution < 1.29 is 9.90 Å². The Morgan fingerprint density at radius 3 is 2.93 bits per heavy atom. The summed E-state index contributed by atoms with van der Waals surface area (Å²) in [6, 6.07) is 0. The van der Waals surface area contributed by atoms with Gasteiger partial charge < -0.3 is 15.7 Å². The molecule has 2 atom stereocenters. The molecule has 1 heterocycles. The molecule has 0 saturated carbocycles. The zero-order chi connectivity index (χ0) is 11.3. The number of nitrogens with one attached hydrogen (secondary N) is 2. The van der Waals surface area contributed by atoms with Gasteiger partial charge in [-0.3, -0.25) is 4.79 Å². The van der Waals surface area contributed by atoms with Gasteiger partial charge in [0.05, 0.1) is 11.5 Å². The third-order valence-corrected chi connectivity index (χ3v) is 3.07. The van der Waals surface area contributed by atoms with Crippen LogP contribution in [0.3, 0.4) is 0 Å². The predicted octanol–water partition coefficient (Wildman–Crippen LogP) is 0.263. The van der Waals surface area contributed by atoms with Crippen LogP contribution in [-0.4, -0.2) is 36.2 Å². The Morgan fingerprint density at radius 2 is 2.40 bits per heavy atom. The van der Waals surface area contributed by atoms with Crippen LogP contribution in [0.4, 0.5) is 0 Å². The SMILES string of the molecule is CCC(C)(O)CNC(=O)[C@H]1CCCNC1. The molecule has 0 bridgehead atoms. The summed E-state index contributed by atoms with van der Waals surface area (Å²) in [5.74, 6) is 0.141. The molecule has 1 unspecified atom stereocenters. The lowest BCUT2D eigenvalue weighted by atomic mass is 9.98. The molecule has 0 aromatic heterocycles. The summed E-state index contributed by atoms with van der Waals surface area (Å²) in [5, 5.41) is 15.8. The molecule has 1 amide bonds. The van der Waals surface area contributed by atoms with Gasteiger partial charge in [-0.15, -0.1) is 0 Å². The zero-order valence-corrected chi connectivity index (χ0v) is 9.68. The quantitative estimate of drug-likeness (QED) is 0.629. The van der Waals surface area contributed by atoms with Crippen LogP contribution < -0.4 is 10.6 Å². The monoisotopic (exact) mass is 214 g/mol. The van der Waals surface area contributed by atoms with Crippen molar-refractivity contribution in [1.82, 2.24) is 10.6 Å². The first-order valence-corrected chi connectivity index (χ1v) is 5.76. The molecule has 0 aromatic rings. The predicted molar refractivity (Wildman–Crippen MR) is 59.5 cm³/mol. The van der Waals surface area contributed by atoms with Crippen molar-refractivity contribution in [1.29, 1.82) is 0 Å². The fourth-order valence-corrected chi connectivity index (χ4v) is 1.62. The van der Waals surface area contributed by atoms with Crippen molar-refractivity contribution in [3.8, 4) is 0 Å². The lowest BCUT2D eigenvalue weighted by Crippen LogP contribution is -2.45. The highest BCUT2D eigenvalue weighted by molar-refractivity contribution is 5.79. The number of rotatable bonds is 4. The second kappa shape index (κ2) is 5.47. The highest BCUT2D eigenvalue weighted by atomic mass is 16.3. The molecule has 1 aliphatic rings. The lowest BCUT2D eigenvalue weighted by Gasteiger charge is -2.25. The fraction of sp³-hybridized carbons (Fsp3) is 0.909. The highest BCUT2D eigenvalue weighted by Gasteiger charge is 2.23. The smallest absolute Gasteiger partial charge is 0.224 e. The minimum Gasteiger partial charge on any atom is -0.388 e. The Morgan fingerprint density at radius 1 is 1.67 bits per heavy atom. The van der Waals surface area contributed by atoms with Gasteiger partial charge in [-0.2, -0.15) is 0 Å². The third kappa shape index (κ3) is 4.18. The maximum atomic E-state index is 11.7. The highest BCUT2D eigenvalue weighted by Crippen LogP contribution is 2.11. The van der Waals surface area contributed by atoms with Gasteiger partial charge in [-0.1, -0.05) is 6.92 Å². The van der Waals surface area contributed by atoms with Crippen LogP contribution in [0.5, 0.6) is 0 Å². The lowest BCUT2D eigenvalue weighted by molar-refractivity contribution is -0.126. The molecule has 88 valence electrons. The standard InChI is InChI=1S/C11H22N2O2/c1-3-11(2,15)8-13-10(14)9-5-4-6-12-7-9/h9,12,15H,3-8H2,1-2H3,(H,13,14)/t9-,11?/m0/s1. The van der Waals surface area contributed by atoms with Crippen LogP contribution in [0, 0.1) is 5.92 Å². The van der Waals surface area contributed by atoms with Crippen LogP contribution >= 0.6 is 0 Å². The van der Waals surface area contributed by atoms with E-state index in [4.69, 9.17) is 0 Å². The molecule has 1 rings (SSSR count). The van der Waals surface area contributed by atoms with Gasteiger partial charge in [0, 0.05) is 13.1 Å². The Balaban J connectivity index is 2.28. The minimum absolute atomic E-state index is 0.0657. The second-order valence-electron chi connectivity index (χ2n) is 4.61. The summed E-state index contributed by atoms with van der Waals surface area (Å²) in [7, 11) is 0. The van der Waals surface area contributed by atoms with Gasteiger partial charge in [0.2, 0.25) is 5.91 Å². The first-order chi connectivity index (χ1) is 7.05. The van der Waals surface area contributed by atoms with Gasteiger partial charge in [-0.25, -0.2) is 0 Å². The van der Waals surface area contributed by atoms with E-state index in [1.54, 1.807) is 6.92 Å². The average Bonchev–Trinajstić information content (AvgIpc) is 2.27. The topological polar surface area (TPSA) is 61.4 Å². The van der Waals surface area contributed by atoms with Crippen LogP contribution in [0.1, 0.15) is 33.1 Å². The average molecular weight is 214 g/mol. The first-order valence-electron chi connectivity index (χ1n) is 5.76. The van der Waals surface area contributed by atoms with Gasteiger partial charge >= 0.3 is 0 Å². The van der Waals surface area contributed by atoms with Crippen LogP contribution in [0.25, 0.3) is 0 Å². The van der Waals surface area contributed by atoms with Crippen molar-refractivity contribution >= 4 is 5.91 Å². The molecular weight excluding hydrogens is 192 g/mol. The Labute approximate surface area is 91.4 Å². The van der Waals surface area contributed by atoms with E-state index in [2.05, 4.69) is 10.6 Å². The molecule has 1 aliphatic heterocycles.